The number of amides is 2. The third-order valence-electron chi connectivity index (χ3n) is 8.10. The summed E-state index contributed by atoms with van der Waals surface area (Å²) in [4.78, 5) is 29.2. The number of hydrogen-bond acceptors (Lipinski definition) is 4. The number of nitrogens with zero attached hydrogens (tertiary/aromatic N) is 2. The molecule has 0 saturated heterocycles. The van der Waals surface area contributed by atoms with Crippen molar-refractivity contribution in [3.63, 3.8) is 0 Å². The van der Waals surface area contributed by atoms with Gasteiger partial charge in [-0.3, -0.25) is 13.9 Å². The van der Waals surface area contributed by atoms with E-state index in [-0.39, 0.29) is 29.3 Å². The van der Waals surface area contributed by atoms with Gasteiger partial charge in [0.25, 0.3) is 10.0 Å². The van der Waals surface area contributed by atoms with Crippen LogP contribution in [0.15, 0.2) is 82.2 Å². The summed E-state index contributed by atoms with van der Waals surface area (Å²) in [5.41, 5.74) is 3.21. The molecule has 3 aromatic carbocycles. The first kappa shape index (κ1) is 32.7. The van der Waals surface area contributed by atoms with Crippen molar-refractivity contribution in [2.45, 2.75) is 89.2 Å². The fourth-order valence-corrected chi connectivity index (χ4v) is 7.24. The molecule has 43 heavy (non-hydrogen) atoms. The summed E-state index contributed by atoms with van der Waals surface area (Å²) >= 11 is 3.49. The Morgan fingerprint density at radius 3 is 2.19 bits per heavy atom. The van der Waals surface area contributed by atoms with Crippen LogP contribution in [-0.2, 0) is 26.2 Å². The van der Waals surface area contributed by atoms with Gasteiger partial charge in [-0.1, -0.05) is 91.0 Å². The van der Waals surface area contributed by atoms with E-state index in [2.05, 4.69) is 35.1 Å². The molecule has 1 N–H and O–H groups in total. The molecule has 7 nitrogen and oxygen atoms in total. The molecule has 230 valence electrons. The van der Waals surface area contributed by atoms with Crippen LogP contribution in [0.3, 0.4) is 0 Å². The van der Waals surface area contributed by atoms with Gasteiger partial charge in [-0.15, -0.1) is 0 Å². The van der Waals surface area contributed by atoms with Crippen molar-refractivity contribution in [2.75, 3.05) is 10.8 Å². The standard InChI is InChI=1S/C34H42BrN3O4S/c1-24(2)28-15-17-31(18-16-28)38(43(41,42)32-19-13-25(3)14-20-32)23-33(39)37(22-27-9-8-10-29(35)21-27)26(4)34(40)36-30-11-6-5-7-12-30/h8-10,13-21,24,26,30H,5-7,11-12,22-23H2,1-4H3,(H,36,40)/t26-/m0/s1. The van der Waals surface area contributed by atoms with Gasteiger partial charge in [-0.25, -0.2) is 8.42 Å². The Kier molecular flexibility index (Phi) is 11.1. The topological polar surface area (TPSA) is 86.8 Å². The minimum absolute atomic E-state index is 0.0874. The van der Waals surface area contributed by atoms with Crippen LogP contribution in [0.5, 0.6) is 0 Å². The maximum Gasteiger partial charge on any atom is 0.264 e. The number of hydrogen-bond donors (Lipinski definition) is 1. The van der Waals surface area contributed by atoms with Crippen LogP contribution in [0.1, 0.15) is 75.5 Å². The molecule has 1 aliphatic rings. The Bertz CT molecular complexity index is 1500. The van der Waals surface area contributed by atoms with Crippen molar-refractivity contribution in [1.29, 1.82) is 0 Å². The summed E-state index contributed by atoms with van der Waals surface area (Å²) in [7, 11) is -4.10. The van der Waals surface area contributed by atoms with Gasteiger partial charge in [0.05, 0.1) is 10.6 Å². The number of carbonyl (C=O) groups excluding carboxylic acids is 2. The fraction of sp³-hybridized carbons (Fsp3) is 0.412. The molecule has 0 bridgehead atoms. The molecule has 3 aromatic rings. The van der Waals surface area contributed by atoms with Crippen molar-refractivity contribution < 1.29 is 18.0 Å². The fourth-order valence-electron chi connectivity index (χ4n) is 5.38. The lowest BCUT2D eigenvalue weighted by Gasteiger charge is -2.33. The Hall–Kier alpha value is -3.17. The van der Waals surface area contributed by atoms with E-state index in [1.807, 2.05) is 43.3 Å². The highest BCUT2D eigenvalue weighted by Gasteiger charge is 2.33. The number of anilines is 1. The second-order valence-corrected chi connectivity index (χ2v) is 14.5. The number of rotatable bonds is 11. The van der Waals surface area contributed by atoms with Gasteiger partial charge in [0.2, 0.25) is 11.8 Å². The molecule has 9 heteroatoms. The zero-order valence-electron chi connectivity index (χ0n) is 25.4. The molecule has 1 aliphatic carbocycles. The van der Waals surface area contributed by atoms with Crippen LogP contribution >= 0.6 is 15.9 Å². The molecular weight excluding hydrogens is 626 g/mol. The lowest BCUT2D eigenvalue weighted by Crippen LogP contribution is -2.53. The number of aryl methyl sites for hydroxylation is 1. The minimum Gasteiger partial charge on any atom is -0.352 e. The Balaban J connectivity index is 1.69. The molecule has 0 aromatic heterocycles. The van der Waals surface area contributed by atoms with Crippen LogP contribution in [0.4, 0.5) is 5.69 Å². The molecule has 2 amide bonds. The molecule has 0 aliphatic heterocycles. The zero-order chi connectivity index (χ0) is 31.1. The van der Waals surface area contributed by atoms with Gasteiger partial charge in [0.15, 0.2) is 0 Å². The third-order valence-corrected chi connectivity index (χ3v) is 10.4. The quantitative estimate of drug-likeness (QED) is 0.240. The minimum atomic E-state index is -4.10. The Morgan fingerprint density at radius 2 is 1.58 bits per heavy atom. The molecule has 1 fully saturated rings. The summed E-state index contributed by atoms with van der Waals surface area (Å²) in [5.74, 6) is -0.429. The smallest absolute Gasteiger partial charge is 0.264 e. The number of halogens is 1. The highest BCUT2D eigenvalue weighted by Crippen LogP contribution is 2.27. The van der Waals surface area contributed by atoms with Crippen LogP contribution in [0.2, 0.25) is 0 Å². The average molecular weight is 669 g/mol. The number of sulfonamides is 1. The Morgan fingerprint density at radius 1 is 0.930 bits per heavy atom. The van der Waals surface area contributed by atoms with Crippen LogP contribution in [0, 0.1) is 6.92 Å². The number of benzene rings is 3. The summed E-state index contributed by atoms with van der Waals surface area (Å²) in [6.07, 6.45) is 5.15. The monoisotopic (exact) mass is 667 g/mol. The lowest BCUT2D eigenvalue weighted by atomic mass is 9.95. The average Bonchev–Trinajstić information content (AvgIpc) is 2.99. The lowest BCUT2D eigenvalue weighted by molar-refractivity contribution is -0.139. The number of nitrogens with one attached hydrogen (secondary N) is 1. The highest BCUT2D eigenvalue weighted by atomic mass is 79.9. The first-order chi connectivity index (χ1) is 20.5. The normalized spacial score (nSPS) is 14.7. The van der Waals surface area contributed by atoms with Gasteiger partial charge in [0.1, 0.15) is 12.6 Å². The van der Waals surface area contributed by atoms with Crippen LogP contribution in [0.25, 0.3) is 0 Å². The summed E-state index contributed by atoms with van der Waals surface area (Å²) in [5, 5.41) is 3.14. The summed E-state index contributed by atoms with van der Waals surface area (Å²) in [6, 6.07) is 20.7. The first-order valence-electron chi connectivity index (χ1n) is 15.0. The van der Waals surface area contributed by atoms with Crippen molar-refractivity contribution in [2.24, 2.45) is 0 Å². The van der Waals surface area contributed by atoms with E-state index in [1.165, 1.54) is 11.3 Å². The van der Waals surface area contributed by atoms with Gasteiger partial charge in [-0.05, 0) is 80.1 Å². The maximum absolute atomic E-state index is 14.2. The summed E-state index contributed by atoms with van der Waals surface area (Å²) in [6.45, 7) is 7.44. The Labute approximate surface area is 264 Å². The van der Waals surface area contributed by atoms with E-state index < -0.39 is 28.5 Å². The molecule has 0 unspecified atom stereocenters. The van der Waals surface area contributed by atoms with E-state index in [1.54, 1.807) is 43.3 Å². The predicted octanol–water partition coefficient (Wildman–Crippen LogP) is 6.94. The van der Waals surface area contributed by atoms with Crippen molar-refractivity contribution >= 4 is 43.5 Å². The van der Waals surface area contributed by atoms with Gasteiger partial charge in [-0.2, -0.15) is 0 Å². The van der Waals surface area contributed by atoms with Crippen LogP contribution < -0.4 is 9.62 Å². The van der Waals surface area contributed by atoms with E-state index in [0.29, 0.717) is 5.69 Å². The second-order valence-electron chi connectivity index (χ2n) is 11.7. The first-order valence-corrected chi connectivity index (χ1v) is 17.2. The van der Waals surface area contributed by atoms with Gasteiger partial charge < -0.3 is 10.2 Å². The summed E-state index contributed by atoms with van der Waals surface area (Å²) < 4.78 is 30.1. The van der Waals surface area contributed by atoms with Gasteiger partial charge in [0, 0.05) is 17.1 Å². The SMILES string of the molecule is Cc1ccc(S(=O)(=O)N(CC(=O)N(Cc2cccc(Br)c2)[C@@H](C)C(=O)NC2CCCCC2)c2ccc(C(C)C)cc2)cc1. The number of carbonyl (C=O) groups is 2. The van der Waals surface area contributed by atoms with E-state index in [0.717, 1.165) is 51.2 Å². The van der Waals surface area contributed by atoms with E-state index in [9.17, 15) is 18.0 Å². The maximum atomic E-state index is 14.2. The van der Waals surface area contributed by atoms with E-state index in [4.69, 9.17) is 0 Å². The molecule has 0 heterocycles. The second kappa shape index (κ2) is 14.5. The van der Waals surface area contributed by atoms with Crippen molar-refractivity contribution in [3.05, 3.63) is 94.0 Å². The third kappa shape index (κ3) is 8.48. The molecular formula is C34H42BrN3O4S. The van der Waals surface area contributed by atoms with E-state index >= 15 is 0 Å². The molecule has 0 spiro atoms. The highest BCUT2D eigenvalue weighted by molar-refractivity contribution is 9.10. The van der Waals surface area contributed by atoms with Crippen molar-refractivity contribution in [1.82, 2.24) is 10.2 Å². The van der Waals surface area contributed by atoms with Crippen molar-refractivity contribution in [3.8, 4) is 0 Å². The van der Waals surface area contributed by atoms with Crippen LogP contribution in [-0.4, -0.2) is 43.8 Å². The molecule has 1 saturated carbocycles. The predicted molar refractivity (Wildman–Crippen MR) is 175 cm³/mol. The molecule has 4 rings (SSSR count). The molecule has 0 radical (unpaired) electrons. The largest absolute Gasteiger partial charge is 0.352 e. The van der Waals surface area contributed by atoms with Gasteiger partial charge >= 0.3 is 0 Å². The molecule has 1 atom stereocenters. The zero-order valence-corrected chi connectivity index (χ0v) is 27.8.